The largest absolute Gasteiger partial charge is 0.396 e. The summed E-state index contributed by atoms with van der Waals surface area (Å²) >= 11 is 0. The molecule has 0 spiro atoms. The Bertz CT molecular complexity index is 469. The number of nitrogens with one attached hydrogen (secondary N) is 1. The molecule has 16 heavy (non-hydrogen) atoms. The molecule has 1 aliphatic rings. The van der Waals surface area contributed by atoms with Gasteiger partial charge >= 0.3 is 0 Å². The van der Waals surface area contributed by atoms with E-state index in [1.54, 1.807) is 13.8 Å². The third-order valence-corrected chi connectivity index (χ3v) is 4.94. The number of aliphatic hydroxyl groups is 1. The first-order valence-electron chi connectivity index (χ1n) is 5.09. The van der Waals surface area contributed by atoms with Gasteiger partial charge in [-0.25, -0.2) is 8.42 Å². The van der Waals surface area contributed by atoms with Crippen LogP contribution in [0.1, 0.15) is 11.4 Å². The standard InChI is InChI=1S/C9H15N3O3S/c1-6-9(7(2)11-10-6)16(14,15)12-3-8(4-12)5-13/h8,13H,3-5H2,1-2H3,(H,10,11). The molecule has 6 nitrogen and oxygen atoms in total. The van der Waals surface area contributed by atoms with Crippen LogP contribution in [0.5, 0.6) is 0 Å². The Kier molecular flexibility index (Phi) is 2.77. The minimum atomic E-state index is -3.43. The van der Waals surface area contributed by atoms with E-state index in [9.17, 15) is 8.42 Å². The van der Waals surface area contributed by atoms with Gasteiger partial charge < -0.3 is 5.11 Å². The van der Waals surface area contributed by atoms with Crippen molar-refractivity contribution in [3.63, 3.8) is 0 Å². The lowest BCUT2D eigenvalue weighted by atomic mass is 10.1. The highest BCUT2D eigenvalue weighted by Crippen LogP contribution is 2.27. The third kappa shape index (κ3) is 1.64. The number of aromatic amines is 1. The van der Waals surface area contributed by atoms with Crippen LogP contribution in [0.2, 0.25) is 0 Å². The quantitative estimate of drug-likeness (QED) is 0.761. The highest BCUT2D eigenvalue weighted by Gasteiger charge is 2.38. The molecular weight excluding hydrogens is 230 g/mol. The van der Waals surface area contributed by atoms with E-state index >= 15 is 0 Å². The molecule has 0 atom stereocenters. The van der Waals surface area contributed by atoms with E-state index in [1.165, 1.54) is 4.31 Å². The Morgan fingerprint density at radius 3 is 2.56 bits per heavy atom. The second-order valence-electron chi connectivity index (χ2n) is 4.13. The van der Waals surface area contributed by atoms with E-state index < -0.39 is 10.0 Å². The van der Waals surface area contributed by atoms with Gasteiger partial charge in [0.05, 0.1) is 11.4 Å². The maximum Gasteiger partial charge on any atom is 0.246 e. The van der Waals surface area contributed by atoms with Gasteiger partial charge in [0.2, 0.25) is 10.0 Å². The molecule has 90 valence electrons. The number of nitrogens with zero attached hydrogens (tertiary/aromatic N) is 2. The van der Waals surface area contributed by atoms with Gasteiger partial charge in [-0.1, -0.05) is 0 Å². The van der Waals surface area contributed by atoms with Crippen molar-refractivity contribution >= 4 is 10.0 Å². The minimum absolute atomic E-state index is 0.0371. The summed E-state index contributed by atoms with van der Waals surface area (Å²) in [6, 6.07) is 0. The first-order chi connectivity index (χ1) is 7.46. The van der Waals surface area contributed by atoms with Crippen molar-refractivity contribution in [1.29, 1.82) is 0 Å². The normalized spacial score (nSPS) is 18.7. The van der Waals surface area contributed by atoms with Crippen molar-refractivity contribution in [2.75, 3.05) is 19.7 Å². The highest BCUT2D eigenvalue weighted by atomic mass is 32.2. The molecule has 0 aliphatic carbocycles. The lowest BCUT2D eigenvalue weighted by Gasteiger charge is -2.36. The average molecular weight is 245 g/mol. The Morgan fingerprint density at radius 2 is 2.12 bits per heavy atom. The van der Waals surface area contributed by atoms with E-state index in [-0.39, 0.29) is 17.4 Å². The fourth-order valence-electron chi connectivity index (χ4n) is 1.88. The lowest BCUT2D eigenvalue weighted by Crippen LogP contribution is -2.51. The molecule has 1 fully saturated rings. The maximum absolute atomic E-state index is 12.2. The number of hydrogen-bond donors (Lipinski definition) is 2. The fourth-order valence-corrected chi connectivity index (χ4v) is 3.81. The number of rotatable bonds is 3. The Hall–Kier alpha value is -0.920. The molecule has 1 aromatic rings. The molecular formula is C9H15N3O3S. The average Bonchev–Trinajstić information content (AvgIpc) is 2.44. The van der Waals surface area contributed by atoms with Crippen LogP contribution in [0.3, 0.4) is 0 Å². The molecule has 2 heterocycles. The van der Waals surface area contributed by atoms with Gasteiger partial charge in [-0.3, -0.25) is 5.10 Å². The van der Waals surface area contributed by atoms with Crippen molar-refractivity contribution in [3.05, 3.63) is 11.4 Å². The summed E-state index contributed by atoms with van der Waals surface area (Å²) in [7, 11) is -3.43. The third-order valence-electron chi connectivity index (χ3n) is 2.84. The summed E-state index contributed by atoms with van der Waals surface area (Å²) < 4.78 is 25.7. The summed E-state index contributed by atoms with van der Waals surface area (Å²) in [5, 5.41) is 15.4. The van der Waals surface area contributed by atoms with Gasteiger partial charge in [-0.05, 0) is 13.8 Å². The maximum atomic E-state index is 12.2. The van der Waals surface area contributed by atoms with Crippen LogP contribution in [0.25, 0.3) is 0 Å². The van der Waals surface area contributed by atoms with Crippen molar-refractivity contribution in [1.82, 2.24) is 14.5 Å². The molecule has 0 amide bonds. The van der Waals surface area contributed by atoms with E-state index in [0.717, 1.165) is 0 Å². The molecule has 1 aliphatic heterocycles. The molecule has 0 bridgehead atoms. The monoisotopic (exact) mass is 245 g/mol. The Morgan fingerprint density at radius 1 is 1.50 bits per heavy atom. The molecule has 2 N–H and O–H groups in total. The molecule has 0 unspecified atom stereocenters. The van der Waals surface area contributed by atoms with Crippen LogP contribution in [0.4, 0.5) is 0 Å². The van der Waals surface area contributed by atoms with Gasteiger partial charge in [0.15, 0.2) is 0 Å². The number of aliphatic hydroxyl groups excluding tert-OH is 1. The second kappa shape index (κ2) is 3.83. The van der Waals surface area contributed by atoms with Crippen LogP contribution in [0.15, 0.2) is 4.90 Å². The van der Waals surface area contributed by atoms with Crippen molar-refractivity contribution in [2.24, 2.45) is 5.92 Å². The SMILES string of the molecule is Cc1n[nH]c(C)c1S(=O)(=O)N1CC(CO)C1. The molecule has 0 radical (unpaired) electrons. The summed E-state index contributed by atoms with van der Waals surface area (Å²) in [5.41, 5.74) is 1.05. The van der Waals surface area contributed by atoms with Crippen LogP contribution in [-0.2, 0) is 10.0 Å². The Balaban J connectivity index is 2.28. The first kappa shape index (κ1) is 11.6. The summed E-state index contributed by atoms with van der Waals surface area (Å²) in [5.74, 6) is 0.0716. The molecule has 7 heteroatoms. The van der Waals surface area contributed by atoms with E-state index in [2.05, 4.69) is 10.2 Å². The number of H-pyrrole nitrogens is 1. The van der Waals surface area contributed by atoms with Crippen molar-refractivity contribution < 1.29 is 13.5 Å². The van der Waals surface area contributed by atoms with Gasteiger partial charge in [-0.15, -0.1) is 0 Å². The number of aryl methyl sites for hydroxylation is 2. The van der Waals surface area contributed by atoms with E-state index in [0.29, 0.717) is 24.5 Å². The second-order valence-corrected chi connectivity index (χ2v) is 6.01. The summed E-state index contributed by atoms with van der Waals surface area (Å²) in [4.78, 5) is 0.267. The predicted octanol–water partition coefficient (Wildman–Crippen LogP) is -0.361. The Labute approximate surface area is 94.3 Å². The fraction of sp³-hybridized carbons (Fsp3) is 0.667. The first-order valence-corrected chi connectivity index (χ1v) is 6.53. The zero-order chi connectivity index (χ0) is 11.9. The summed E-state index contributed by atoms with van der Waals surface area (Å²) in [6.07, 6.45) is 0. The van der Waals surface area contributed by atoms with Crippen LogP contribution in [0, 0.1) is 19.8 Å². The predicted molar refractivity (Wildman–Crippen MR) is 57.4 cm³/mol. The van der Waals surface area contributed by atoms with Crippen LogP contribution < -0.4 is 0 Å². The van der Waals surface area contributed by atoms with E-state index in [4.69, 9.17) is 5.11 Å². The molecule has 0 aromatic carbocycles. The number of aromatic nitrogens is 2. The van der Waals surface area contributed by atoms with Gasteiger partial charge in [0.1, 0.15) is 4.90 Å². The van der Waals surface area contributed by atoms with E-state index in [1.807, 2.05) is 0 Å². The van der Waals surface area contributed by atoms with Gasteiger partial charge in [-0.2, -0.15) is 9.40 Å². The summed E-state index contributed by atoms with van der Waals surface area (Å²) in [6.45, 7) is 4.18. The minimum Gasteiger partial charge on any atom is -0.396 e. The number of sulfonamides is 1. The van der Waals surface area contributed by atoms with Crippen molar-refractivity contribution in [3.8, 4) is 0 Å². The molecule has 1 saturated heterocycles. The molecule has 2 rings (SSSR count). The van der Waals surface area contributed by atoms with Crippen LogP contribution in [-0.4, -0.2) is 47.7 Å². The number of hydrogen-bond acceptors (Lipinski definition) is 4. The topological polar surface area (TPSA) is 86.3 Å². The lowest BCUT2D eigenvalue weighted by molar-refractivity contribution is 0.117. The van der Waals surface area contributed by atoms with Gasteiger partial charge in [0.25, 0.3) is 0 Å². The molecule has 1 aromatic heterocycles. The van der Waals surface area contributed by atoms with Gasteiger partial charge in [0, 0.05) is 25.6 Å². The zero-order valence-corrected chi connectivity index (χ0v) is 10.1. The molecule has 0 saturated carbocycles. The van der Waals surface area contributed by atoms with Crippen molar-refractivity contribution in [2.45, 2.75) is 18.7 Å². The highest BCUT2D eigenvalue weighted by molar-refractivity contribution is 7.89. The zero-order valence-electron chi connectivity index (χ0n) is 9.27. The van der Waals surface area contributed by atoms with Crippen LogP contribution >= 0.6 is 0 Å². The smallest absolute Gasteiger partial charge is 0.246 e.